The highest BCUT2D eigenvalue weighted by Crippen LogP contribution is 2.44. The Morgan fingerprint density at radius 1 is 0.719 bits per heavy atom. The number of hydrogen-bond acceptors (Lipinski definition) is 2. The molecular weight excluding hydrogens is 408 g/mol. The SMILES string of the molecule is CCCCCCCC(C=S)C(O)CC(c1ccccc1)(c1ccccc1)c1ccccc1. The minimum absolute atomic E-state index is 0.0159. The molecule has 168 valence electrons. The van der Waals surface area contributed by atoms with Crippen LogP contribution in [0.15, 0.2) is 91.0 Å². The van der Waals surface area contributed by atoms with Crippen molar-refractivity contribution in [2.24, 2.45) is 5.92 Å². The molecule has 0 heterocycles. The average Bonchev–Trinajstić information content (AvgIpc) is 2.86. The van der Waals surface area contributed by atoms with Crippen LogP contribution in [0.3, 0.4) is 0 Å². The van der Waals surface area contributed by atoms with Gasteiger partial charge in [-0.05, 0) is 34.9 Å². The fourth-order valence-corrected chi connectivity index (χ4v) is 5.14. The highest BCUT2D eigenvalue weighted by atomic mass is 32.1. The summed E-state index contributed by atoms with van der Waals surface area (Å²) in [5.74, 6) is 0.0159. The molecule has 2 heteroatoms. The normalized spacial score (nSPS) is 13.4. The lowest BCUT2D eigenvalue weighted by molar-refractivity contribution is 0.111. The highest BCUT2D eigenvalue weighted by Gasteiger charge is 2.39. The molecule has 3 aromatic rings. The lowest BCUT2D eigenvalue weighted by atomic mass is 9.65. The zero-order chi connectivity index (χ0) is 22.7. The van der Waals surface area contributed by atoms with Gasteiger partial charge in [-0.25, -0.2) is 0 Å². The predicted octanol–water partition coefficient (Wildman–Crippen LogP) is 7.75. The van der Waals surface area contributed by atoms with Crippen LogP contribution < -0.4 is 0 Å². The van der Waals surface area contributed by atoms with Gasteiger partial charge in [-0.15, -0.1) is 0 Å². The molecule has 0 aliphatic rings. The van der Waals surface area contributed by atoms with E-state index in [1.807, 2.05) is 0 Å². The second-order valence-corrected chi connectivity index (χ2v) is 9.05. The van der Waals surface area contributed by atoms with Gasteiger partial charge in [0.25, 0.3) is 0 Å². The Hall–Kier alpha value is -2.29. The molecule has 0 fully saturated rings. The smallest absolute Gasteiger partial charge is 0.0626 e. The van der Waals surface area contributed by atoms with E-state index < -0.39 is 11.5 Å². The van der Waals surface area contributed by atoms with Gasteiger partial charge in [0.05, 0.1) is 6.10 Å². The Bertz CT molecular complexity index is 811. The van der Waals surface area contributed by atoms with Gasteiger partial charge >= 0.3 is 0 Å². The Balaban J connectivity index is 1.98. The van der Waals surface area contributed by atoms with E-state index in [0.717, 1.165) is 12.8 Å². The van der Waals surface area contributed by atoms with E-state index in [9.17, 15) is 5.11 Å². The fourth-order valence-electron chi connectivity index (χ4n) is 4.82. The number of unbranched alkanes of at least 4 members (excludes halogenated alkanes) is 4. The minimum Gasteiger partial charge on any atom is -0.392 e. The van der Waals surface area contributed by atoms with Gasteiger partial charge in [-0.3, -0.25) is 0 Å². The Morgan fingerprint density at radius 2 is 1.16 bits per heavy atom. The first kappa shape index (κ1) is 24.4. The molecule has 0 saturated carbocycles. The van der Waals surface area contributed by atoms with Crippen LogP contribution in [0, 0.1) is 5.92 Å². The molecule has 32 heavy (non-hydrogen) atoms. The fraction of sp³-hybridized carbons (Fsp3) is 0.367. The van der Waals surface area contributed by atoms with Crippen LogP contribution in [0.1, 0.15) is 68.6 Å². The number of hydrogen-bond donors (Lipinski definition) is 1. The van der Waals surface area contributed by atoms with Gasteiger partial charge in [-0.1, -0.05) is 142 Å². The van der Waals surface area contributed by atoms with Gasteiger partial charge in [0.1, 0.15) is 0 Å². The summed E-state index contributed by atoms with van der Waals surface area (Å²) in [6, 6.07) is 31.8. The third-order valence-corrected chi connectivity index (χ3v) is 6.97. The number of rotatable bonds is 13. The van der Waals surface area contributed by atoms with Crippen molar-refractivity contribution in [3.05, 3.63) is 108 Å². The zero-order valence-corrected chi connectivity index (χ0v) is 20.0. The molecule has 0 amide bonds. The maximum atomic E-state index is 11.5. The highest BCUT2D eigenvalue weighted by molar-refractivity contribution is 7.79. The van der Waals surface area contributed by atoms with Crippen molar-refractivity contribution < 1.29 is 5.11 Å². The van der Waals surface area contributed by atoms with Crippen LogP contribution in [0.4, 0.5) is 0 Å². The quantitative estimate of drug-likeness (QED) is 0.165. The van der Waals surface area contributed by atoms with Crippen molar-refractivity contribution in [2.75, 3.05) is 0 Å². The molecule has 0 radical (unpaired) electrons. The molecule has 3 rings (SSSR count). The van der Waals surface area contributed by atoms with Crippen LogP contribution in [0.5, 0.6) is 0 Å². The molecule has 0 aliphatic carbocycles. The van der Waals surface area contributed by atoms with Crippen LogP contribution in [-0.2, 0) is 5.41 Å². The Labute approximate surface area is 199 Å². The van der Waals surface area contributed by atoms with E-state index in [2.05, 4.69) is 97.9 Å². The van der Waals surface area contributed by atoms with Crippen molar-refractivity contribution in [3.8, 4) is 0 Å². The van der Waals surface area contributed by atoms with Crippen molar-refractivity contribution in [1.82, 2.24) is 0 Å². The molecular formula is C30H36OS. The molecule has 3 aromatic carbocycles. The van der Waals surface area contributed by atoms with E-state index in [-0.39, 0.29) is 5.92 Å². The third-order valence-electron chi connectivity index (χ3n) is 6.63. The maximum Gasteiger partial charge on any atom is 0.0626 e. The van der Waals surface area contributed by atoms with Crippen molar-refractivity contribution >= 4 is 17.6 Å². The molecule has 2 atom stereocenters. The second-order valence-electron chi connectivity index (χ2n) is 8.78. The molecule has 0 bridgehead atoms. The van der Waals surface area contributed by atoms with Gasteiger partial charge in [0.15, 0.2) is 0 Å². The number of aliphatic hydroxyl groups excluding tert-OH is 1. The standard InChI is InChI=1S/C30H36OS/c1-2-3-4-5-9-16-25(24-32)29(31)23-30(26-17-10-6-11-18-26,27-19-12-7-13-20-27)28-21-14-8-15-22-28/h6-8,10-15,17-22,24-25,29,31H,2-5,9,16,23H2,1H3. The van der Waals surface area contributed by atoms with Gasteiger partial charge in [-0.2, -0.15) is 0 Å². The lowest BCUT2D eigenvalue weighted by Gasteiger charge is -2.39. The van der Waals surface area contributed by atoms with Gasteiger partial charge < -0.3 is 5.11 Å². The number of benzene rings is 3. The summed E-state index contributed by atoms with van der Waals surface area (Å²) in [5.41, 5.74) is 3.15. The summed E-state index contributed by atoms with van der Waals surface area (Å²) in [6.45, 7) is 2.24. The molecule has 1 N–H and O–H groups in total. The van der Waals surface area contributed by atoms with Gasteiger partial charge in [0.2, 0.25) is 0 Å². The first-order valence-electron chi connectivity index (χ1n) is 12.0. The summed E-state index contributed by atoms with van der Waals surface area (Å²) in [7, 11) is 0. The number of thiocarbonyl (C=S) groups is 1. The third kappa shape index (κ3) is 5.94. The zero-order valence-electron chi connectivity index (χ0n) is 19.2. The Morgan fingerprint density at radius 3 is 1.56 bits per heavy atom. The first-order valence-corrected chi connectivity index (χ1v) is 12.5. The first-order chi connectivity index (χ1) is 15.7. The van der Waals surface area contributed by atoms with Crippen molar-refractivity contribution in [3.63, 3.8) is 0 Å². The van der Waals surface area contributed by atoms with Crippen molar-refractivity contribution in [1.29, 1.82) is 0 Å². The maximum absolute atomic E-state index is 11.5. The summed E-state index contributed by atoms with van der Waals surface area (Å²) in [6.07, 6.45) is 7.14. The summed E-state index contributed by atoms with van der Waals surface area (Å²) in [4.78, 5) is 0. The van der Waals surface area contributed by atoms with Crippen LogP contribution in [0.25, 0.3) is 0 Å². The molecule has 2 unspecified atom stereocenters. The summed E-state index contributed by atoms with van der Waals surface area (Å²) < 4.78 is 0. The second kappa shape index (κ2) is 12.7. The topological polar surface area (TPSA) is 20.2 Å². The van der Waals surface area contributed by atoms with Crippen LogP contribution >= 0.6 is 12.2 Å². The van der Waals surface area contributed by atoms with Crippen molar-refractivity contribution in [2.45, 2.75) is 63.4 Å². The summed E-state index contributed by atoms with van der Waals surface area (Å²) >= 11 is 5.40. The van der Waals surface area contributed by atoms with E-state index in [1.54, 1.807) is 5.37 Å². The van der Waals surface area contributed by atoms with Crippen LogP contribution in [0.2, 0.25) is 0 Å². The largest absolute Gasteiger partial charge is 0.392 e. The molecule has 0 aromatic heterocycles. The van der Waals surface area contributed by atoms with E-state index in [4.69, 9.17) is 12.2 Å². The van der Waals surface area contributed by atoms with E-state index in [0.29, 0.717) is 6.42 Å². The lowest BCUT2D eigenvalue weighted by Crippen LogP contribution is -2.37. The number of aliphatic hydroxyl groups is 1. The average molecular weight is 445 g/mol. The molecule has 0 saturated heterocycles. The van der Waals surface area contributed by atoms with E-state index in [1.165, 1.54) is 42.4 Å². The minimum atomic E-state index is -0.515. The van der Waals surface area contributed by atoms with Gasteiger partial charge in [0, 0.05) is 11.3 Å². The monoisotopic (exact) mass is 444 g/mol. The van der Waals surface area contributed by atoms with E-state index >= 15 is 0 Å². The van der Waals surface area contributed by atoms with Crippen LogP contribution in [-0.4, -0.2) is 16.6 Å². The predicted molar refractivity (Wildman–Crippen MR) is 140 cm³/mol. The molecule has 1 nitrogen and oxygen atoms in total. The molecule has 0 aliphatic heterocycles. The molecule has 0 spiro atoms. The summed E-state index contributed by atoms with van der Waals surface area (Å²) in [5, 5.41) is 13.3. The Kier molecular flexibility index (Phi) is 9.64.